The second-order valence-electron chi connectivity index (χ2n) is 9.73. The second kappa shape index (κ2) is 10.0. The Bertz CT molecular complexity index is 1260. The fourth-order valence-corrected chi connectivity index (χ4v) is 6.12. The monoisotopic (exact) mass is 532 g/mol. The number of hydrogen-bond acceptors (Lipinski definition) is 6. The van der Waals surface area contributed by atoms with E-state index in [0.717, 1.165) is 46.3 Å². The molecule has 196 valence electrons. The number of para-hydroxylation sites is 1. The van der Waals surface area contributed by atoms with Crippen LogP contribution in [0, 0.1) is 0 Å². The van der Waals surface area contributed by atoms with Crippen LogP contribution in [0.25, 0.3) is 10.2 Å². The van der Waals surface area contributed by atoms with Crippen LogP contribution in [-0.2, 0) is 16.6 Å². The second-order valence-corrected chi connectivity index (χ2v) is 10.8. The minimum atomic E-state index is -4.55. The molecule has 2 fully saturated rings. The fourth-order valence-electron chi connectivity index (χ4n) is 5.01. The van der Waals surface area contributed by atoms with Crippen LogP contribution >= 0.6 is 11.3 Å². The molecule has 1 aliphatic carbocycles. The molecule has 3 N–H and O–H groups in total. The van der Waals surface area contributed by atoms with Crippen molar-refractivity contribution in [2.75, 3.05) is 19.6 Å². The van der Waals surface area contributed by atoms with Gasteiger partial charge in [-0.3, -0.25) is 14.5 Å². The van der Waals surface area contributed by atoms with Gasteiger partial charge in [-0.2, -0.15) is 13.2 Å². The van der Waals surface area contributed by atoms with E-state index in [9.17, 15) is 27.9 Å². The van der Waals surface area contributed by atoms with E-state index in [0.29, 0.717) is 32.0 Å². The number of nitrogens with zero attached hydrogens (tertiary/aromatic N) is 2. The summed E-state index contributed by atoms with van der Waals surface area (Å²) in [6.45, 7) is 1.04. The van der Waals surface area contributed by atoms with E-state index in [1.807, 2.05) is 24.3 Å². The third-order valence-corrected chi connectivity index (χ3v) is 8.36. The number of carbonyl (C=O) groups excluding carboxylic acids is 2. The number of rotatable bonds is 6. The van der Waals surface area contributed by atoms with Crippen LogP contribution in [0.1, 0.15) is 46.6 Å². The summed E-state index contributed by atoms with van der Waals surface area (Å²) >= 11 is 1.54. The highest BCUT2D eigenvalue weighted by molar-refractivity contribution is 7.18. The predicted octanol–water partition coefficient (Wildman–Crippen LogP) is 3.68. The molecule has 5 rings (SSSR count). The predicted molar refractivity (Wildman–Crippen MR) is 133 cm³/mol. The quantitative estimate of drug-likeness (QED) is 0.451. The first-order valence-corrected chi connectivity index (χ1v) is 13.0. The van der Waals surface area contributed by atoms with Crippen molar-refractivity contribution < 1.29 is 27.9 Å². The standard InChI is InChI=1S/C26H27F3N4O3S/c27-26(28,29)17-5-3-4-16(12-17)23(35)30-13-22(34)31-18-14-33(15-18)19-8-10-25(36,11-9-19)24-32-20-6-1-2-7-21(20)37-24/h1-7,12,18-19,36H,8-11,13-15H2,(H,30,35)(H,31,34). The highest BCUT2D eigenvalue weighted by Crippen LogP contribution is 2.42. The summed E-state index contributed by atoms with van der Waals surface area (Å²) < 4.78 is 39.6. The first kappa shape index (κ1) is 25.6. The van der Waals surface area contributed by atoms with Crippen molar-refractivity contribution in [2.45, 2.75) is 49.5 Å². The van der Waals surface area contributed by atoms with Gasteiger partial charge in [0.05, 0.1) is 28.4 Å². The molecule has 1 aliphatic heterocycles. The molecule has 2 heterocycles. The van der Waals surface area contributed by atoms with E-state index in [-0.39, 0.29) is 24.1 Å². The van der Waals surface area contributed by atoms with Gasteiger partial charge in [-0.15, -0.1) is 11.3 Å². The summed E-state index contributed by atoms with van der Waals surface area (Å²) in [5.41, 5.74) is -1.07. The number of thiazole rings is 1. The largest absolute Gasteiger partial charge is 0.416 e. The van der Waals surface area contributed by atoms with E-state index in [4.69, 9.17) is 0 Å². The van der Waals surface area contributed by atoms with Crippen LogP contribution < -0.4 is 10.6 Å². The molecule has 1 saturated carbocycles. The van der Waals surface area contributed by atoms with Gasteiger partial charge in [-0.1, -0.05) is 18.2 Å². The molecule has 2 aromatic carbocycles. The molecule has 0 atom stereocenters. The molecule has 0 radical (unpaired) electrons. The zero-order chi connectivity index (χ0) is 26.2. The van der Waals surface area contributed by atoms with Gasteiger partial charge in [0.25, 0.3) is 5.91 Å². The number of aromatic nitrogens is 1. The summed E-state index contributed by atoms with van der Waals surface area (Å²) in [4.78, 5) is 31.3. The van der Waals surface area contributed by atoms with Gasteiger partial charge in [0.1, 0.15) is 10.6 Å². The Hall–Kier alpha value is -3.02. The number of alkyl halides is 3. The highest BCUT2D eigenvalue weighted by Gasteiger charge is 2.42. The maximum Gasteiger partial charge on any atom is 0.416 e. The lowest BCUT2D eigenvalue weighted by Gasteiger charge is -2.47. The van der Waals surface area contributed by atoms with Crippen molar-refractivity contribution in [2.24, 2.45) is 0 Å². The Morgan fingerprint density at radius 2 is 1.84 bits per heavy atom. The molecule has 2 aliphatic rings. The van der Waals surface area contributed by atoms with Gasteiger partial charge in [0, 0.05) is 24.7 Å². The molecule has 37 heavy (non-hydrogen) atoms. The Kier molecular flexibility index (Phi) is 6.95. The zero-order valence-corrected chi connectivity index (χ0v) is 20.7. The van der Waals surface area contributed by atoms with Crippen molar-refractivity contribution in [3.63, 3.8) is 0 Å². The highest BCUT2D eigenvalue weighted by atomic mass is 32.1. The van der Waals surface area contributed by atoms with E-state index in [1.165, 1.54) is 6.07 Å². The van der Waals surface area contributed by atoms with Crippen LogP contribution in [-0.4, -0.2) is 58.5 Å². The third-order valence-electron chi connectivity index (χ3n) is 7.13. The number of hydrogen-bond donors (Lipinski definition) is 3. The van der Waals surface area contributed by atoms with Gasteiger partial charge in [-0.25, -0.2) is 4.98 Å². The topological polar surface area (TPSA) is 94.6 Å². The lowest BCUT2D eigenvalue weighted by atomic mass is 9.81. The van der Waals surface area contributed by atoms with E-state index < -0.39 is 23.2 Å². The van der Waals surface area contributed by atoms with Crippen LogP contribution in [0.4, 0.5) is 13.2 Å². The first-order valence-electron chi connectivity index (χ1n) is 12.2. The molecule has 1 saturated heterocycles. The summed E-state index contributed by atoms with van der Waals surface area (Å²) in [6, 6.07) is 12.2. The summed E-state index contributed by atoms with van der Waals surface area (Å²) in [6.07, 6.45) is -1.62. The minimum Gasteiger partial charge on any atom is -0.383 e. The van der Waals surface area contributed by atoms with E-state index in [1.54, 1.807) is 11.3 Å². The Morgan fingerprint density at radius 1 is 1.11 bits per heavy atom. The fraction of sp³-hybridized carbons (Fsp3) is 0.423. The SMILES string of the molecule is O=C(CNC(=O)c1cccc(C(F)(F)F)c1)NC1CN(C2CCC(O)(c3nc4ccccc4s3)CC2)C1. The number of amides is 2. The zero-order valence-electron chi connectivity index (χ0n) is 19.9. The molecule has 3 aromatic rings. The average Bonchev–Trinajstić information content (AvgIpc) is 3.30. The minimum absolute atomic E-state index is 0.0527. The van der Waals surface area contributed by atoms with Crippen molar-refractivity contribution >= 4 is 33.4 Å². The average molecular weight is 533 g/mol. The lowest BCUT2D eigenvalue weighted by Crippen LogP contribution is -2.63. The van der Waals surface area contributed by atoms with Crippen molar-refractivity contribution in [3.8, 4) is 0 Å². The maximum absolute atomic E-state index is 12.8. The summed E-state index contributed by atoms with van der Waals surface area (Å²) in [7, 11) is 0. The molecular weight excluding hydrogens is 505 g/mol. The molecular formula is C26H27F3N4O3S. The molecule has 11 heteroatoms. The molecule has 7 nitrogen and oxygen atoms in total. The molecule has 0 unspecified atom stereocenters. The summed E-state index contributed by atoms with van der Waals surface area (Å²) in [5.74, 6) is -1.13. The van der Waals surface area contributed by atoms with E-state index >= 15 is 0 Å². The van der Waals surface area contributed by atoms with Crippen molar-refractivity contribution in [1.82, 2.24) is 20.5 Å². The van der Waals surface area contributed by atoms with Crippen molar-refractivity contribution in [3.05, 3.63) is 64.7 Å². The van der Waals surface area contributed by atoms with Gasteiger partial charge >= 0.3 is 6.18 Å². The molecule has 1 aromatic heterocycles. The Balaban J connectivity index is 1.05. The van der Waals surface area contributed by atoms with Crippen molar-refractivity contribution in [1.29, 1.82) is 0 Å². The molecule has 0 bridgehead atoms. The van der Waals surface area contributed by atoms with Crippen LogP contribution in [0.2, 0.25) is 0 Å². The first-order chi connectivity index (χ1) is 17.6. The Morgan fingerprint density at radius 3 is 2.54 bits per heavy atom. The number of aliphatic hydroxyl groups is 1. The van der Waals surface area contributed by atoms with E-state index in [2.05, 4.69) is 20.5 Å². The van der Waals surface area contributed by atoms with Gasteiger partial charge < -0.3 is 15.7 Å². The number of carbonyl (C=O) groups is 2. The Labute approximate surface area is 215 Å². The normalized spacial score (nSPS) is 23.0. The lowest BCUT2D eigenvalue weighted by molar-refractivity contribution is -0.137. The third kappa shape index (κ3) is 5.63. The number of likely N-dealkylation sites (tertiary alicyclic amines) is 1. The maximum atomic E-state index is 12.8. The van der Waals surface area contributed by atoms with Crippen LogP contribution in [0.3, 0.4) is 0 Å². The van der Waals surface area contributed by atoms with Gasteiger partial charge in [0.15, 0.2) is 0 Å². The van der Waals surface area contributed by atoms with Gasteiger partial charge in [-0.05, 0) is 56.0 Å². The number of benzene rings is 2. The molecule has 0 spiro atoms. The van der Waals surface area contributed by atoms with Gasteiger partial charge in [0.2, 0.25) is 5.91 Å². The molecule has 2 amide bonds. The number of fused-ring (bicyclic) bond motifs is 1. The smallest absolute Gasteiger partial charge is 0.383 e. The number of halogens is 3. The number of nitrogens with one attached hydrogen (secondary N) is 2. The van der Waals surface area contributed by atoms with Crippen LogP contribution in [0.5, 0.6) is 0 Å². The summed E-state index contributed by atoms with van der Waals surface area (Å²) in [5, 5.41) is 17.2. The van der Waals surface area contributed by atoms with Crippen LogP contribution in [0.15, 0.2) is 48.5 Å².